The highest BCUT2D eigenvalue weighted by Crippen LogP contribution is 2.20. The summed E-state index contributed by atoms with van der Waals surface area (Å²) in [6.45, 7) is 6.12. The molecule has 5 heteroatoms. The van der Waals surface area contributed by atoms with Crippen molar-refractivity contribution < 1.29 is 9.53 Å². The van der Waals surface area contributed by atoms with E-state index in [1.54, 1.807) is 7.11 Å². The van der Waals surface area contributed by atoms with Crippen molar-refractivity contribution in [2.45, 2.75) is 31.7 Å². The van der Waals surface area contributed by atoms with E-state index in [1.165, 1.54) is 32.4 Å². The fourth-order valence-electron chi connectivity index (χ4n) is 3.03. The number of nitrogens with one attached hydrogen (secondary N) is 1. The normalized spacial score (nSPS) is 24.9. The topological polar surface area (TPSA) is 44.8 Å². The number of carbonyl (C=O) groups is 1. The lowest BCUT2D eigenvalue weighted by Crippen LogP contribution is -2.43. The lowest BCUT2D eigenvalue weighted by Gasteiger charge is -2.32. The van der Waals surface area contributed by atoms with Crippen LogP contribution in [0.25, 0.3) is 0 Å². The number of hydrogen-bond donors (Lipinski definition) is 1. The van der Waals surface area contributed by atoms with Crippen LogP contribution < -0.4 is 5.32 Å². The van der Waals surface area contributed by atoms with E-state index in [4.69, 9.17) is 4.74 Å². The van der Waals surface area contributed by atoms with E-state index in [-0.39, 0.29) is 5.91 Å². The zero-order valence-corrected chi connectivity index (χ0v) is 12.1. The van der Waals surface area contributed by atoms with Gasteiger partial charge in [0, 0.05) is 32.8 Å². The molecule has 2 fully saturated rings. The van der Waals surface area contributed by atoms with E-state index in [9.17, 15) is 4.79 Å². The molecule has 19 heavy (non-hydrogen) atoms. The van der Waals surface area contributed by atoms with Crippen LogP contribution in [0.1, 0.15) is 25.7 Å². The van der Waals surface area contributed by atoms with E-state index in [2.05, 4.69) is 10.2 Å². The molecule has 0 radical (unpaired) electrons. The Bertz CT molecular complexity index is 280. The number of ether oxygens (including phenoxy) is 1. The van der Waals surface area contributed by atoms with Gasteiger partial charge in [0.25, 0.3) is 0 Å². The molecule has 0 aromatic heterocycles. The highest BCUT2D eigenvalue weighted by Gasteiger charge is 2.30. The molecule has 110 valence electrons. The number of carbonyl (C=O) groups excluding carboxylic acids is 1. The summed E-state index contributed by atoms with van der Waals surface area (Å²) in [6, 6.07) is 0.600. The minimum absolute atomic E-state index is 0.232. The van der Waals surface area contributed by atoms with Crippen LogP contribution >= 0.6 is 0 Å². The number of nitrogens with zero attached hydrogens (tertiary/aromatic N) is 2. The molecule has 0 saturated carbocycles. The average Bonchev–Trinajstić information content (AvgIpc) is 2.94. The maximum Gasteiger partial charge on any atom is 0.236 e. The summed E-state index contributed by atoms with van der Waals surface area (Å²) in [6.07, 6.45) is 5.16. The second kappa shape index (κ2) is 7.82. The zero-order valence-electron chi connectivity index (χ0n) is 12.1. The van der Waals surface area contributed by atoms with Crippen molar-refractivity contribution in [1.29, 1.82) is 0 Å². The van der Waals surface area contributed by atoms with Gasteiger partial charge in [-0.2, -0.15) is 0 Å². The molecule has 0 aromatic rings. The molecular formula is C14H27N3O2. The largest absolute Gasteiger partial charge is 0.383 e. The summed E-state index contributed by atoms with van der Waals surface area (Å²) < 4.78 is 4.95. The van der Waals surface area contributed by atoms with E-state index in [1.807, 2.05) is 4.90 Å². The Kier molecular flexibility index (Phi) is 6.07. The Hall–Kier alpha value is -0.650. The first-order chi connectivity index (χ1) is 9.31. The van der Waals surface area contributed by atoms with Crippen LogP contribution in [0.2, 0.25) is 0 Å². The average molecular weight is 269 g/mol. The summed E-state index contributed by atoms with van der Waals surface area (Å²) in [5, 5.41) is 3.13. The van der Waals surface area contributed by atoms with Crippen LogP contribution in [0.4, 0.5) is 0 Å². The van der Waals surface area contributed by atoms with Gasteiger partial charge >= 0.3 is 0 Å². The molecule has 1 N–H and O–H groups in total. The minimum atomic E-state index is 0.232. The first-order valence-electron chi connectivity index (χ1n) is 7.52. The van der Waals surface area contributed by atoms with Gasteiger partial charge in [-0.25, -0.2) is 0 Å². The van der Waals surface area contributed by atoms with Gasteiger partial charge < -0.3 is 15.0 Å². The summed E-state index contributed by atoms with van der Waals surface area (Å²) in [5.41, 5.74) is 0. The molecule has 2 saturated heterocycles. The number of hydrogen-bond acceptors (Lipinski definition) is 4. The van der Waals surface area contributed by atoms with Crippen molar-refractivity contribution in [2.24, 2.45) is 0 Å². The van der Waals surface area contributed by atoms with Gasteiger partial charge in [0.1, 0.15) is 0 Å². The predicted molar refractivity (Wildman–Crippen MR) is 75.2 cm³/mol. The van der Waals surface area contributed by atoms with E-state index in [0.29, 0.717) is 19.2 Å². The van der Waals surface area contributed by atoms with Crippen molar-refractivity contribution in [1.82, 2.24) is 15.1 Å². The SMILES string of the molecule is COCCNCC(=O)N1CCC(N2CCCCC2)C1. The third kappa shape index (κ3) is 4.44. The molecule has 2 aliphatic rings. The molecule has 2 rings (SSSR count). The van der Waals surface area contributed by atoms with Gasteiger partial charge in [0.2, 0.25) is 5.91 Å². The molecule has 0 aliphatic carbocycles. The van der Waals surface area contributed by atoms with Gasteiger partial charge in [-0.3, -0.25) is 9.69 Å². The zero-order chi connectivity index (χ0) is 13.5. The fraction of sp³-hybridized carbons (Fsp3) is 0.929. The summed E-state index contributed by atoms with van der Waals surface area (Å²) in [5.74, 6) is 0.232. The van der Waals surface area contributed by atoms with Gasteiger partial charge in [0.05, 0.1) is 13.2 Å². The number of rotatable bonds is 6. The third-order valence-corrected chi connectivity index (χ3v) is 4.18. The smallest absolute Gasteiger partial charge is 0.236 e. The van der Waals surface area contributed by atoms with Gasteiger partial charge in [-0.05, 0) is 32.4 Å². The van der Waals surface area contributed by atoms with Crippen molar-refractivity contribution in [2.75, 3.05) is 53.0 Å². The first kappa shape index (κ1) is 14.8. The van der Waals surface area contributed by atoms with Crippen molar-refractivity contribution in [3.8, 4) is 0 Å². The molecule has 2 aliphatic heterocycles. The van der Waals surface area contributed by atoms with Crippen LogP contribution in [0, 0.1) is 0 Å². The fourth-order valence-corrected chi connectivity index (χ4v) is 3.03. The molecule has 5 nitrogen and oxygen atoms in total. The quantitative estimate of drug-likeness (QED) is 0.705. The number of methoxy groups -OCH3 is 1. The first-order valence-corrected chi connectivity index (χ1v) is 7.52. The van der Waals surface area contributed by atoms with Gasteiger partial charge in [-0.1, -0.05) is 6.42 Å². The molecule has 1 atom stereocenters. The number of piperidine rings is 1. The maximum atomic E-state index is 12.0. The number of likely N-dealkylation sites (tertiary alicyclic amines) is 2. The molecule has 0 aromatic carbocycles. The summed E-state index contributed by atoms with van der Waals surface area (Å²) in [7, 11) is 1.67. The summed E-state index contributed by atoms with van der Waals surface area (Å²) >= 11 is 0. The van der Waals surface area contributed by atoms with Crippen molar-refractivity contribution in [3.63, 3.8) is 0 Å². The Balaban J connectivity index is 1.67. The van der Waals surface area contributed by atoms with Crippen LogP contribution in [0.5, 0.6) is 0 Å². The highest BCUT2D eigenvalue weighted by atomic mass is 16.5. The van der Waals surface area contributed by atoms with E-state index in [0.717, 1.165) is 26.1 Å². The van der Waals surface area contributed by atoms with Crippen LogP contribution in [0.3, 0.4) is 0 Å². The molecule has 1 unspecified atom stereocenters. The molecule has 0 spiro atoms. The molecular weight excluding hydrogens is 242 g/mol. The van der Waals surface area contributed by atoms with Gasteiger partial charge in [-0.15, -0.1) is 0 Å². The van der Waals surface area contributed by atoms with E-state index >= 15 is 0 Å². The van der Waals surface area contributed by atoms with E-state index < -0.39 is 0 Å². The maximum absolute atomic E-state index is 12.0. The second-order valence-electron chi connectivity index (χ2n) is 5.55. The Labute approximate surface area is 116 Å². The molecule has 2 heterocycles. The van der Waals surface area contributed by atoms with Crippen LogP contribution in [0.15, 0.2) is 0 Å². The third-order valence-electron chi connectivity index (χ3n) is 4.18. The van der Waals surface area contributed by atoms with Crippen LogP contribution in [-0.4, -0.2) is 74.7 Å². The highest BCUT2D eigenvalue weighted by molar-refractivity contribution is 5.78. The minimum Gasteiger partial charge on any atom is -0.383 e. The molecule has 1 amide bonds. The lowest BCUT2D eigenvalue weighted by molar-refractivity contribution is -0.129. The Morgan fingerprint density at radius 3 is 2.79 bits per heavy atom. The Morgan fingerprint density at radius 2 is 2.05 bits per heavy atom. The predicted octanol–water partition coefficient (Wildman–Crippen LogP) is 0.309. The van der Waals surface area contributed by atoms with Crippen molar-refractivity contribution >= 4 is 5.91 Å². The van der Waals surface area contributed by atoms with Crippen LogP contribution in [-0.2, 0) is 9.53 Å². The number of amides is 1. The monoisotopic (exact) mass is 269 g/mol. The summed E-state index contributed by atoms with van der Waals surface area (Å²) in [4.78, 5) is 16.6. The standard InChI is InChI=1S/C14H27N3O2/c1-19-10-6-15-11-14(18)17-9-5-13(12-17)16-7-3-2-4-8-16/h13,15H,2-12H2,1H3. The second-order valence-corrected chi connectivity index (χ2v) is 5.55. The Morgan fingerprint density at radius 1 is 1.26 bits per heavy atom. The molecule has 0 bridgehead atoms. The van der Waals surface area contributed by atoms with Gasteiger partial charge in [0.15, 0.2) is 0 Å². The van der Waals surface area contributed by atoms with Crippen molar-refractivity contribution in [3.05, 3.63) is 0 Å². The lowest BCUT2D eigenvalue weighted by atomic mass is 10.1.